The standard InChI is InChI=1S/C26H34N4O5/c1-16-14-28(23(31)18-7-8-18)11-12-29(16)24(32)19-5-3-17(4-6-19)15-30-25(33)21-13-20(35-2)9-10-22(21)27-26(30)34/h9-10,13,16-19H,3-8,11-12,14-15H2,1-2H3,(H,27,34)/t16-,17-,19-/m1/s1. The number of fused-ring (bicyclic) bond motifs is 1. The summed E-state index contributed by atoms with van der Waals surface area (Å²) >= 11 is 0. The van der Waals surface area contributed by atoms with Crippen molar-refractivity contribution in [3.05, 3.63) is 39.0 Å². The lowest BCUT2D eigenvalue weighted by molar-refractivity contribution is -0.146. The van der Waals surface area contributed by atoms with Crippen LogP contribution in [0.25, 0.3) is 10.9 Å². The zero-order chi connectivity index (χ0) is 24.7. The normalized spacial score (nSPS) is 25.0. The first-order valence-corrected chi connectivity index (χ1v) is 12.8. The van der Waals surface area contributed by atoms with Crippen molar-refractivity contribution in [1.29, 1.82) is 0 Å². The van der Waals surface area contributed by atoms with Crippen LogP contribution in [0, 0.1) is 17.8 Å². The number of methoxy groups -OCH3 is 1. The van der Waals surface area contributed by atoms with Gasteiger partial charge in [0.2, 0.25) is 11.8 Å². The number of rotatable bonds is 5. The van der Waals surface area contributed by atoms with E-state index in [1.807, 2.05) is 16.7 Å². The molecule has 3 aliphatic rings. The first kappa shape index (κ1) is 23.6. The lowest BCUT2D eigenvalue weighted by Crippen LogP contribution is -2.57. The molecule has 188 valence electrons. The van der Waals surface area contributed by atoms with Crippen molar-refractivity contribution in [1.82, 2.24) is 19.4 Å². The Morgan fingerprint density at radius 1 is 1.00 bits per heavy atom. The zero-order valence-corrected chi connectivity index (χ0v) is 20.5. The molecule has 9 nitrogen and oxygen atoms in total. The van der Waals surface area contributed by atoms with Crippen LogP contribution >= 0.6 is 0 Å². The third-order valence-electron chi connectivity index (χ3n) is 7.97. The van der Waals surface area contributed by atoms with E-state index in [-0.39, 0.29) is 41.2 Å². The first-order chi connectivity index (χ1) is 16.9. The highest BCUT2D eigenvalue weighted by atomic mass is 16.5. The van der Waals surface area contributed by atoms with E-state index >= 15 is 0 Å². The summed E-state index contributed by atoms with van der Waals surface area (Å²) in [5.41, 5.74) is -0.217. The molecule has 2 aromatic rings. The maximum Gasteiger partial charge on any atom is 0.328 e. The number of nitrogens with zero attached hydrogens (tertiary/aromatic N) is 3. The Hall–Kier alpha value is -3.10. The molecular weight excluding hydrogens is 448 g/mol. The minimum Gasteiger partial charge on any atom is -0.497 e. The molecule has 35 heavy (non-hydrogen) atoms. The van der Waals surface area contributed by atoms with Crippen molar-refractivity contribution in [2.75, 3.05) is 26.7 Å². The van der Waals surface area contributed by atoms with Gasteiger partial charge in [0.05, 0.1) is 18.0 Å². The quantitative estimate of drug-likeness (QED) is 0.702. The number of piperazine rings is 1. The molecule has 3 fully saturated rings. The Balaban J connectivity index is 1.20. The summed E-state index contributed by atoms with van der Waals surface area (Å²) in [7, 11) is 1.54. The SMILES string of the molecule is COc1ccc2[nH]c(=O)n(C[C@H]3CC[C@H](C(=O)N4CCN(C(=O)C5CC5)C[C@H]4C)CC3)c(=O)c2c1. The van der Waals surface area contributed by atoms with E-state index in [0.29, 0.717) is 42.8 Å². The van der Waals surface area contributed by atoms with E-state index in [1.165, 1.54) is 4.57 Å². The van der Waals surface area contributed by atoms with Crippen LogP contribution in [0.5, 0.6) is 5.75 Å². The monoisotopic (exact) mass is 482 g/mol. The molecule has 2 aliphatic carbocycles. The van der Waals surface area contributed by atoms with Gasteiger partial charge in [0.25, 0.3) is 5.56 Å². The van der Waals surface area contributed by atoms with Crippen molar-refractivity contribution < 1.29 is 14.3 Å². The molecule has 0 spiro atoms. The molecule has 1 aromatic carbocycles. The maximum absolute atomic E-state index is 13.3. The average Bonchev–Trinajstić information content (AvgIpc) is 3.71. The molecule has 0 bridgehead atoms. The Morgan fingerprint density at radius 2 is 1.69 bits per heavy atom. The molecule has 1 N–H and O–H groups in total. The van der Waals surface area contributed by atoms with Crippen LogP contribution in [0.3, 0.4) is 0 Å². The fourth-order valence-electron chi connectivity index (χ4n) is 5.68. The van der Waals surface area contributed by atoms with Gasteiger partial charge >= 0.3 is 5.69 Å². The summed E-state index contributed by atoms with van der Waals surface area (Å²) in [6, 6.07) is 5.08. The lowest BCUT2D eigenvalue weighted by atomic mass is 9.81. The van der Waals surface area contributed by atoms with Gasteiger partial charge in [-0.15, -0.1) is 0 Å². The number of nitrogens with one attached hydrogen (secondary N) is 1. The predicted molar refractivity (Wildman–Crippen MR) is 131 cm³/mol. The van der Waals surface area contributed by atoms with E-state index in [1.54, 1.807) is 25.3 Å². The number of ether oxygens (including phenoxy) is 1. The smallest absolute Gasteiger partial charge is 0.328 e. The van der Waals surface area contributed by atoms with E-state index in [0.717, 1.165) is 38.5 Å². The summed E-state index contributed by atoms with van der Waals surface area (Å²) < 4.78 is 6.51. The van der Waals surface area contributed by atoms with Gasteiger partial charge in [-0.25, -0.2) is 4.79 Å². The number of aromatic amines is 1. The van der Waals surface area contributed by atoms with Crippen LogP contribution in [0.1, 0.15) is 45.4 Å². The van der Waals surface area contributed by atoms with Crippen molar-refractivity contribution in [3.63, 3.8) is 0 Å². The number of carbonyl (C=O) groups excluding carboxylic acids is 2. The fourth-order valence-corrected chi connectivity index (χ4v) is 5.68. The van der Waals surface area contributed by atoms with Crippen LogP contribution in [0.2, 0.25) is 0 Å². The summed E-state index contributed by atoms with van der Waals surface area (Å²) in [5, 5.41) is 0.432. The Labute approximate surface area is 204 Å². The van der Waals surface area contributed by atoms with Crippen molar-refractivity contribution >= 4 is 22.7 Å². The van der Waals surface area contributed by atoms with Crippen LogP contribution in [-0.2, 0) is 16.1 Å². The van der Waals surface area contributed by atoms with Gasteiger partial charge in [-0.1, -0.05) is 0 Å². The van der Waals surface area contributed by atoms with E-state index in [2.05, 4.69) is 4.98 Å². The van der Waals surface area contributed by atoms with E-state index in [4.69, 9.17) is 4.74 Å². The molecule has 0 unspecified atom stereocenters. The second-order valence-electron chi connectivity index (χ2n) is 10.4. The van der Waals surface area contributed by atoms with Gasteiger partial charge in [-0.2, -0.15) is 0 Å². The molecule has 1 aromatic heterocycles. The molecule has 2 saturated carbocycles. The van der Waals surface area contributed by atoms with Gasteiger partial charge in [-0.05, 0) is 69.6 Å². The summed E-state index contributed by atoms with van der Waals surface area (Å²) in [4.78, 5) is 58.0. The molecule has 1 atom stereocenters. The van der Waals surface area contributed by atoms with Gasteiger partial charge in [0.1, 0.15) is 5.75 Å². The Bertz CT molecular complexity index is 1240. The highest BCUT2D eigenvalue weighted by Gasteiger charge is 2.39. The third kappa shape index (κ3) is 4.73. The molecule has 2 heterocycles. The summed E-state index contributed by atoms with van der Waals surface area (Å²) in [5.74, 6) is 1.36. The van der Waals surface area contributed by atoms with Crippen molar-refractivity contribution in [2.45, 2.75) is 58.0 Å². The largest absolute Gasteiger partial charge is 0.497 e. The summed E-state index contributed by atoms with van der Waals surface area (Å²) in [6.07, 6.45) is 5.11. The van der Waals surface area contributed by atoms with Crippen LogP contribution in [0.4, 0.5) is 0 Å². The van der Waals surface area contributed by atoms with Gasteiger partial charge in [-0.3, -0.25) is 19.0 Å². The van der Waals surface area contributed by atoms with Gasteiger partial charge in [0, 0.05) is 44.1 Å². The minimum absolute atomic E-state index is 0.0309. The second-order valence-corrected chi connectivity index (χ2v) is 10.4. The number of amides is 2. The second kappa shape index (κ2) is 9.51. The topological polar surface area (TPSA) is 105 Å². The van der Waals surface area contributed by atoms with Crippen molar-refractivity contribution in [2.24, 2.45) is 17.8 Å². The van der Waals surface area contributed by atoms with Crippen LogP contribution in [-0.4, -0.2) is 64.0 Å². The molecule has 1 saturated heterocycles. The first-order valence-electron chi connectivity index (χ1n) is 12.8. The number of hydrogen-bond acceptors (Lipinski definition) is 5. The number of aromatic nitrogens is 2. The number of carbonyl (C=O) groups is 2. The minimum atomic E-state index is -0.404. The van der Waals surface area contributed by atoms with E-state index < -0.39 is 5.69 Å². The van der Waals surface area contributed by atoms with E-state index in [9.17, 15) is 19.2 Å². The Morgan fingerprint density at radius 3 is 2.34 bits per heavy atom. The number of benzene rings is 1. The third-order valence-corrected chi connectivity index (χ3v) is 7.97. The lowest BCUT2D eigenvalue weighted by Gasteiger charge is -2.42. The number of H-pyrrole nitrogens is 1. The highest BCUT2D eigenvalue weighted by Crippen LogP contribution is 2.33. The summed E-state index contributed by atoms with van der Waals surface area (Å²) in [6.45, 7) is 4.22. The number of hydrogen-bond donors (Lipinski definition) is 1. The van der Waals surface area contributed by atoms with Crippen LogP contribution in [0.15, 0.2) is 27.8 Å². The van der Waals surface area contributed by atoms with Gasteiger partial charge in [0.15, 0.2) is 0 Å². The van der Waals surface area contributed by atoms with Crippen molar-refractivity contribution in [3.8, 4) is 5.75 Å². The van der Waals surface area contributed by atoms with Crippen LogP contribution < -0.4 is 16.0 Å². The molecule has 5 rings (SSSR count). The molecule has 2 amide bonds. The Kier molecular flexibility index (Phi) is 6.42. The average molecular weight is 483 g/mol. The molecule has 1 aliphatic heterocycles. The highest BCUT2D eigenvalue weighted by molar-refractivity contribution is 5.82. The molecule has 9 heteroatoms. The molecular formula is C26H34N4O5. The zero-order valence-electron chi connectivity index (χ0n) is 20.5. The molecule has 0 radical (unpaired) electrons. The maximum atomic E-state index is 13.3. The fraction of sp³-hybridized carbons (Fsp3) is 0.615. The van der Waals surface area contributed by atoms with Gasteiger partial charge < -0.3 is 19.5 Å². The predicted octanol–water partition coefficient (Wildman–Crippen LogP) is 1.97.